The quantitative estimate of drug-likeness (QED) is 0.290. The molecule has 8 heteroatoms. The zero-order valence-corrected chi connectivity index (χ0v) is 26.5. The fraction of sp³-hybridized carbons (Fsp3) is 0.500. The van der Waals surface area contributed by atoms with Gasteiger partial charge >= 0.3 is 0 Å². The van der Waals surface area contributed by atoms with Gasteiger partial charge in [0.05, 0.1) is 5.56 Å². The van der Waals surface area contributed by atoms with Crippen LogP contribution in [0.4, 0.5) is 0 Å². The third-order valence-electron chi connectivity index (χ3n) is 10.5. The van der Waals surface area contributed by atoms with Gasteiger partial charge in [0.1, 0.15) is 22.8 Å². The summed E-state index contributed by atoms with van der Waals surface area (Å²) in [6, 6.07) is 1.87. The number of phenolic OH excluding ortho intramolecular Hbond substituents is 1. The molecule has 5 rings (SSSR count). The van der Waals surface area contributed by atoms with Crippen LogP contribution in [0.5, 0.6) is 5.75 Å². The highest BCUT2D eigenvalue weighted by molar-refractivity contribution is 6.24. The highest BCUT2D eigenvalue weighted by Gasteiger charge is 2.72. The van der Waals surface area contributed by atoms with E-state index in [2.05, 4.69) is 0 Å². The minimum absolute atomic E-state index is 0.0323. The molecule has 0 aromatic heterocycles. The number of allylic oxidation sites excluding steroid dienone is 5. The van der Waals surface area contributed by atoms with Gasteiger partial charge in [-0.15, -0.1) is 0 Å². The van der Waals surface area contributed by atoms with Crippen molar-refractivity contribution in [2.75, 3.05) is 0 Å². The minimum atomic E-state index is -2.65. The van der Waals surface area contributed by atoms with Crippen LogP contribution in [0.1, 0.15) is 95.9 Å². The van der Waals surface area contributed by atoms with Crippen molar-refractivity contribution < 1.29 is 39.6 Å². The van der Waals surface area contributed by atoms with E-state index in [9.17, 15) is 39.6 Å². The Balaban J connectivity index is 1.72. The molecule has 1 aromatic rings. The van der Waals surface area contributed by atoms with Crippen LogP contribution in [-0.2, 0) is 32.0 Å². The fourth-order valence-corrected chi connectivity index (χ4v) is 8.64. The van der Waals surface area contributed by atoms with Gasteiger partial charge in [-0.2, -0.15) is 0 Å². The standard InChI is InChI=1S/C36H42O8/c1-17(2)22-14-21(12-13-24(38)20-10-8-9-11-20)29(39)26-23(22)15-34(6)16-35(7)27(18(3)4)30(40)25(19(5)37)32(42)36(35,44)33(43)28(34)31(26)41/h8-10,14,17-18,27,39,41-42,44H,11-13,15-16H2,1-7H3/t27?,34-,35-,36+/m1/s1. The van der Waals surface area contributed by atoms with Crippen LogP contribution in [0.3, 0.4) is 0 Å². The molecule has 0 spiro atoms. The summed E-state index contributed by atoms with van der Waals surface area (Å²) in [4.78, 5) is 53.6. The number of rotatable bonds is 7. The normalized spacial score (nSPS) is 29.7. The molecule has 0 heterocycles. The first kappa shape index (κ1) is 31.6. The third-order valence-corrected chi connectivity index (χ3v) is 10.5. The van der Waals surface area contributed by atoms with Gasteiger partial charge in [-0.3, -0.25) is 19.2 Å². The zero-order valence-electron chi connectivity index (χ0n) is 26.5. The smallest absolute Gasteiger partial charge is 0.203 e. The van der Waals surface area contributed by atoms with Crippen molar-refractivity contribution in [3.8, 4) is 5.75 Å². The highest BCUT2D eigenvalue weighted by Crippen LogP contribution is 2.65. The second-order valence-corrected chi connectivity index (χ2v) is 14.2. The fourth-order valence-electron chi connectivity index (χ4n) is 8.64. The maximum absolute atomic E-state index is 14.6. The van der Waals surface area contributed by atoms with Gasteiger partial charge in [-0.25, -0.2) is 0 Å². The molecule has 4 atom stereocenters. The van der Waals surface area contributed by atoms with Gasteiger partial charge < -0.3 is 20.4 Å². The summed E-state index contributed by atoms with van der Waals surface area (Å²) in [5, 5.41) is 47.1. The van der Waals surface area contributed by atoms with E-state index in [-0.39, 0.29) is 60.2 Å². The second kappa shape index (κ2) is 10.4. The van der Waals surface area contributed by atoms with Crippen LogP contribution < -0.4 is 0 Å². The van der Waals surface area contributed by atoms with Crippen molar-refractivity contribution in [2.24, 2.45) is 22.7 Å². The van der Waals surface area contributed by atoms with Crippen molar-refractivity contribution in [3.63, 3.8) is 0 Å². The van der Waals surface area contributed by atoms with E-state index in [4.69, 9.17) is 0 Å². The molecule has 1 saturated carbocycles. The van der Waals surface area contributed by atoms with Gasteiger partial charge in [0.25, 0.3) is 0 Å². The number of benzene rings is 1. The largest absolute Gasteiger partial charge is 0.508 e. The van der Waals surface area contributed by atoms with Gasteiger partial charge in [0.15, 0.2) is 23.0 Å². The molecule has 0 aliphatic heterocycles. The molecule has 0 amide bonds. The molecular weight excluding hydrogens is 560 g/mol. The number of Topliss-reactive ketones (excluding diaryl/α,β-unsaturated/α-hetero) is 4. The summed E-state index contributed by atoms with van der Waals surface area (Å²) in [6.07, 6.45) is 6.72. The lowest BCUT2D eigenvalue weighted by molar-refractivity contribution is -0.178. The van der Waals surface area contributed by atoms with E-state index in [1.54, 1.807) is 33.8 Å². The first-order valence-electron chi connectivity index (χ1n) is 15.4. The summed E-state index contributed by atoms with van der Waals surface area (Å²) in [7, 11) is 0. The number of hydrogen-bond acceptors (Lipinski definition) is 8. The molecule has 0 bridgehead atoms. The Morgan fingerprint density at radius 3 is 2.27 bits per heavy atom. The van der Waals surface area contributed by atoms with E-state index >= 15 is 0 Å². The molecule has 0 radical (unpaired) electrons. The van der Waals surface area contributed by atoms with Crippen LogP contribution in [0, 0.1) is 22.7 Å². The van der Waals surface area contributed by atoms with Gasteiger partial charge in [-0.1, -0.05) is 65.8 Å². The Morgan fingerprint density at radius 1 is 1.07 bits per heavy atom. The number of aliphatic hydroxyl groups excluding tert-OH is 2. The SMILES string of the molecule is CC(=O)C1=C(O)[C@]2(O)C(=O)C3=C(O)c4c(O)c(CCC(=O)C5=CC=CC5)cc(C(C)C)c4C[C@]3(C)C[C@]2(C)C(C(C)C)C1=O. The number of hydrogen-bond donors (Lipinski definition) is 4. The molecule has 44 heavy (non-hydrogen) atoms. The zero-order chi connectivity index (χ0) is 32.7. The Labute approximate surface area is 257 Å². The summed E-state index contributed by atoms with van der Waals surface area (Å²) < 4.78 is 0. The summed E-state index contributed by atoms with van der Waals surface area (Å²) in [6.45, 7) is 12.0. The molecule has 234 valence electrons. The summed E-state index contributed by atoms with van der Waals surface area (Å²) in [5.41, 5.74) is -3.23. The number of aromatic hydroxyl groups is 1. The Kier molecular flexibility index (Phi) is 7.48. The van der Waals surface area contributed by atoms with E-state index in [1.165, 1.54) is 0 Å². The monoisotopic (exact) mass is 602 g/mol. The van der Waals surface area contributed by atoms with Crippen LogP contribution in [0.15, 0.2) is 46.8 Å². The number of carbonyl (C=O) groups excluding carboxylic acids is 4. The molecular formula is C36H42O8. The van der Waals surface area contributed by atoms with E-state index in [1.807, 2.05) is 32.1 Å². The Morgan fingerprint density at radius 2 is 1.73 bits per heavy atom. The van der Waals surface area contributed by atoms with Gasteiger partial charge in [0.2, 0.25) is 5.78 Å². The van der Waals surface area contributed by atoms with Crippen molar-refractivity contribution in [1.82, 2.24) is 0 Å². The molecule has 1 fully saturated rings. The average molecular weight is 603 g/mol. The topological polar surface area (TPSA) is 149 Å². The summed E-state index contributed by atoms with van der Waals surface area (Å²) in [5.74, 6) is -5.49. The lowest BCUT2D eigenvalue weighted by Gasteiger charge is -2.60. The third kappa shape index (κ3) is 4.20. The Hall–Kier alpha value is -3.78. The predicted octanol–water partition coefficient (Wildman–Crippen LogP) is 5.70. The van der Waals surface area contributed by atoms with Crippen molar-refractivity contribution in [1.29, 1.82) is 0 Å². The van der Waals surface area contributed by atoms with E-state index < -0.39 is 56.8 Å². The van der Waals surface area contributed by atoms with Gasteiger partial charge in [-0.05, 0) is 66.7 Å². The van der Waals surface area contributed by atoms with E-state index in [0.717, 1.165) is 12.5 Å². The van der Waals surface area contributed by atoms with Crippen LogP contribution in [0.2, 0.25) is 0 Å². The summed E-state index contributed by atoms with van der Waals surface area (Å²) >= 11 is 0. The number of ketones is 4. The lowest BCUT2D eigenvalue weighted by Crippen LogP contribution is -2.69. The maximum Gasteiger partial charge on any atom is 0.203 e. The molecule has 1 aromatic carbocycles. The maximum atomic E-state index is 14.6. The molecule has 4 aliphatic rings. The molecule has 0 saturated heterocycles. The first-order valence-corrected chi connectivity index (χ1v) is 15.4. The van der Waals surface area contributed by atoms with Gasteiger partial charge in [0, 0.05) is 28.7 Å². The van der Waals surface area contributed by atoms with Crippen molar-refractivity contribution in [3.05, 3.63) is 69.0 Å². The molecule has 8 nitrogen and oxygen atoms in total. The lowest BCUT2D eigenvalue weighted by atomic mass is 9.43. The first-order chi connectivity index (χ1) is 20.4. The molecule has 4 N–H and O–H groups in total. The second-order valence-electron chi connectivity index (χ2n) is 14.2. The van der Waals surface area contributed by atoms with Crippen LogP contribution >= 0.6 is 0 Å². The van der Waals surface area contributed by atoms with Crippen molar-refractivity contribution in [2.45, 2.75) is 92.1 Å². The minimum Gasteiger partial charge on any atom is -0.508 e. The number of phenols is 1. The van der Waals surface area contributed by atoms with Crippen LogP contribution in [0.25, 0.3) is 5.76 Å². The van der Waals surface area contributed by atoms with E-state index in [0.29, 0.717) is 23.1 Å². The Bertz CT molecular complexity index is 1650. The highest BCUT2D eigenvalue weighted by atomic mass is 16.3. The molecule has 4 aliphatic carbocycles. The van der Waals surface area contributed by atoms with Crippen LogP contribution in [-0.4, -0.2) is 49.2 Å². The van der Waals surface area contributed by atoms with Crippen molar-refractivity contribution >= 4 is 28.9 Å². The average Bonchev–Trinajstić information content (AvgIpc) is 3.45. The number of carbonyl (C=O) groups is 4. The number of aryl methyl sites for hydroxylation is 1. The predicted molar refractivity (Wildman–Crippen MR) is 165 cm³/mol. The number of aliphatic hydroxyl groups is 3. The number of fused-ring (bicyclic) bond motifs is 3. The molecule has 1 unspecified atom stereocenters.